The monoisotopic (exact) mass is 269 g/mol. The van der Waals surface area contributed by atoms with Gasteiger partial charge in [0, 0.05) is 26.7 Å². The highest BCUT2D eigenvalue weighted by Gasteiger charge is 2.47. The van der Waals surface area contributed by atoms with Crippen molar-refractivity contribution >= 4 is 17.9 Å². The summed E-state index contributed by atoms with van der Waals surface area (Å²) in [6.45, 7) is 2.97. The van der Waals surface area contributed by atoms with Crippen molar-refractivity contribution in [2.75, 3.05) is 33.2 Å². The summed E-state index contributed by atoms with van der Waals surface area (Å²) in [5, 5.41) is 9.30. The molecule has 1 N–H and O–H groups in total. The van der Waals surface area contributed by atoms with Crippen LogP contribution in [0.25, 0.3) is 0 Å². The van der Waals surface area contributed by atoms with Gasteiger partial charge < -0.3 is 19.8 Å². The number of hydrogen-bond donors (Lipinski definition) is 1. The van der Waals surface area contributed by atoms with E-state index in [1.165, 1.54) is 9.80 Å². The predicted octanol–water partition coefficient (Wildman–Crippen LogP) is -0.180. The van der Waals surface area contributed by atoms with Crippen LogP contribution in [0.2, 0.25) is 0 Å². The molecule has 0 aromatic heterocycles. The van der Waals surface area contributed by atoms with Crippen molar-refractivity contribution in [3.8, 4) is 0 Å². The number of carbonyl (C=O) groups is 3. The molecule has 0 aromatic carbocycles. The van der Waals surface area contributed by atoms with Crippen LogP contribution in [0.5, 0.6) is 0 Å². The third-order valence-corrected chi connectivity index (χ3v) is 4.06. The van der Waals surface area contributed by atoms with Gasteiger partial charge in [-0.3, -0.25) is 4.79 Å². The van der Waals surface area contributed by atoms with Gasteiger partial charge >= 0.3 is 12.0 Å². The quantitative estimate of drug-likeness (QED) is 0.716. The van der Waals surface area contributed by atoms with E-state index in [4.69, 9.17) is 0 Å². The Balaban J connectivity index is 2.11. The molecule has 106 valence electrons. The summed E-state index contributed by atoms with van der Waals surface area (Å²) in [5.74, 6) is -1.10. The van der Waals surface area contributed by atoms with Crippen LogP contribution >= 0.6 is 0 Å². The Morgan fingerprint density at radius 1 is 1.26 bits per heavy atom. The Labute approximate surface area is 111 Å². The van der Waals surface area contributed by atoms with Crippen LogP contribution in [0.3, 0.4) is 0 Å². The minimum absolute atomic E-state index is 0.0293. The second-order valence-corrected chi connectivity index (χ2v) is 5.35. The summed E-state index contributed by atoms with van der Waals surface area (Å²) in [7, 11) is 1.70. The third kappa shape index (κ3) is 2.24. The van der Waals surface area contributed by atoms with Gasteiger partial charge in [0.1, 0.15) is 12.1 Å². The van der Waals surface area contributed by atoms with Crippen LogP contribution < -0.4 is 0 Å². The summed E-state index contributed by atoms with van der Waals surface area (Å²) in [6.07, 6.45) is 1.13. The molecular formula is C12H19N3O4. The lowest BCUT2D eigenvalue weighted by Crippen LogP contribution is -2.59. The topological polar surface area (TPSA) is 81.2 Å². The summed E-state index contributed by atoms with van der Waals surface area (Å²) in [5.41, 5.74) is -1.15. The number of nitrogens with zero attached hydrogens (tertiary/aromatic N) is 3. The number of carbonyl (C=O) groups excluding carboxylic acids is 2. The van der Waals surface area contributed by atoms with Crippen LogP contribution in [-0.2, 0) is 9.59 Å². The predicted molar refractivity (Wildman–Crippen MR) is 66.6 cm³/mol. The zero-order chi connectivity index (χ0) is 14.2. The normalized spacial score (nSPS) is 27.9. The van der Waals surface area contributed by atoms with E-state index < -0.39 is 11.5 Å². The summed E-state index contributed by atoms with van der Waals surface area (Å²) in [4.78, 5) is 39.8. The molecule has 2 heterocycles. The smallest absolute Gasteiger partial charge is 0.329 e. The molecule has 3 amide bonds. The number of carboxylic acids is 1. The maximum atomic E-state index is 12.4. The number of amides is 3. The Hall–Kier alpha value is -1.79. The molecule has 7 nitrogen and oxygen atoms in total. The SMILES string of the molecule is CN1CCN(C(=O)N2CCCC2(C)C(=O)O)CC1=O. The molecule has 2 aliphatic heterocycles. The van der Waals surface area contributed by atoms with Gasteiger partial charge in [0.25, 0.3) is 0 Å². The Morgan fingerprint density at radius 2 is 1.95 bits per heavy atom. The fourth-order valence-corrected chi connectivity index (χ4v) is 2.58. The maximum Gasteiger partial charge on any atom is 0.329 e. The van der Waals surface area contributed by atoms with Crippen LogP contribution in [0.4, 0.5) is 4.79 Å². The highest BCUT2D eigenvalue weighted by Crippen LogP contribution is 2.30. The van der Waals surface area contributed by atoms with Gasteiger partial charge in [0.2, 0.25) is 5.91 Å². The number of carboxylic acid groups (broad SMARTS) is 1. The molecule has 7 heteroatoms. The molecule has 2 saturated heterocycles. The molecule has 0 aliphatic carbocycles. The average Bonchev–Trinajstić information content (AvgIpc) is 2.75. The van der Waals surface area contributed by atoms with Crippen molar-refractivity contribution < 1.29 is 19.5 Å². The molecule has 0 radical (unpaired) electrons. The first-order chi connectivity index (χ1) is 8.86. The fraction of sp³-hybridized carbons (Fsp3) is 0.750. The molecule has 1 atom stereocenters. The van der Waals surface area contributed by atoms with E-state index in [1.54, 1.807) is 18.9 Å². The van der Waals surface area contributed by atoms with E-state index in [-0.39, 0.29) is 18.5 Å². The van der Waals surface area contributed by atoms with Crippen molar-refractivity contribution in [3.05, 3.63) is 0 Å². The molecule has 0 bridgehead atoms. The van der Waals surface area contributed by atoms with Gasteiger partial charge in [0.15, 0.2) is 0 Å². The highest BCUT2D eigenvalue weighted by atomic mass is 16.4. The van der Waals surface area contributed by atoms with E-state index in [1.807, 2.05) is 0 Å². The van der Waals surface area contributed by atoms with Gasteiger partial charge in [-0.25, -0.2) is 9.59 Å². The van der Waals surface area contributed by atoms with Crippen LogP contribution in [-0.4, -0.2) is 76.5 Å². The fourth-order valence-electron chi connectivity index (χ4n) is 2.58. The Morgan fingerprint density at radius 3 is 2.53 bits per heavy atom. The van der Waals surface area contributed by atoms with Gasteiger partial charge in [-0.05, 0) is 19.8 Å². The molecule has 1 unspecified atom stereocenters. The number of piperazine rings is 1. The van der Waals surface area contributed by atoms with E-state index in [2.05, 4.69) is 0 Å². The minimum Gasteiger partial charge on any atom is -0.480 e. The number of aliphatic carboxylic acids is 1. The first-order valence-corrected chi connectivity index (χ1v) is 6.40. The maximum absolute atomic E-state index is 12.4. The largest absolute Gasteiger partial charge is 0.480 e. The zero-order valence-electron chi connectivity index (χ0n) is 11.3. The van der Waals surface area contributed by atoms with Gasteiger partial charge in [-0.1, -0.05) is 0 Å². The molecule has 0 spiro atoms. The lowest BCUT2D eigenvalue weighted by atomic mass is 10.00. The van der Waals surface area contributed by atoms with Crippen molar-refractivity contribution in [1.82, 2.24) is 14.7 Å². The number of likely N-dealkylation sites (tertiary alicyclic amines) is 1. The van der Waals surface area contributed by atoms with Crippen molar-refractivity contribution in [1.29, 1.82) is 0 Å². The summed E-state index contributed by atoms with van der Waals surface area (Å²) >= 11 is 0. The van der Waals surface area contributed by atoms with Gasteiger partial charge in [-0.15, -0.1) is 0 Å². The Kier molecular flexibility index (Phi) is 3.38. The lowest BCUT2D eigenvalue weighted by molar-refractivity contribution is -0.147. The molecule has 0 saturated carbocycles. The lowest BCUT2D eigenvalue weighted by Gasteiger charge is -2.38. The standard InChI is InChI=1S/C12H19N3O4/c1-12(10(17)18)4-3-5-15(12)11(19)14-7-6-13(2)9(16)8-14/h3-8H2,1-2H3,(H,17,18). The van der Waals surface area contributed by atoms with E-state index in [0.29, 0.717) is 32.5 Å². The first kappa shape index (κ1) is 13.6. The second kappa shape index (κ2) is 4.71. The summed E-state index contributed by atoms with van der Waals surface area (Å²) < 4.78 is 0. The van der Waals surface area contributed by atoms with Crippen LogP contribution in [0, 0.1) is 0 Å². The van der Waals surface area contributed by atoms with Crippen molar-refractivity contribution in [2.24, 2.45) is 0 Å². The number of likely N-dealkylation sites (N-methyl/N-ethyl adjacent to an activating group) is 1. The van der Waals surface area contributed by atoms with Gasteiger partial charge in [-0.2, -0.15) is 0 Å². The van der Waals surface area contributed by atoms with Gasteiger partial charge in [0.05, 0.1) is 0 Å². The molecule has 2 fully saturated rings. The molecule has 2 aliphatic rings. The van der Waals surface area contributed by atoms with Crippen molar-refractivity contribution in [2.45, 2.75) is 25.3 Å². The molecular weight excluding hydrogens is 250 g/mol. The average molecular weight is 269 g/mol. The van der Waals surface area contributed by atoms with E-state index in [9.17, 15) is 19.5 Å². The van der Waals surface area contributed by atoms with Crippen LogP contribution in [0.15, 0.2) is 0 Å². The first-order valence-electron chi connectivity index (χ1n) is 6.40. The molecule has 0 aromatic rings. The zero-order valence-corrected chi connectivity index (χ0v) is 11.3. The highest BCUT2D eigenvalue weighted by molar-refractivity contribution is 5.89. The number of rotatable bonds is 1. The summed E-state index contributed by atoms with van der Waals surface area (Å²) in [6, 6.07) is -0.344. The van der Waals surface area contributed by atoms with E-state index >= 15 is 0 Å². The molecule has 19 heavy (non-hydrogen) atoms. The minimum atomic E-state index is -1.15. The number of urea groups is 1. The van der Waals surface area contributed by atoms with Crippen molar-refractivity contribution in [3.63, 3.8) is 0 Å². The van der Waals surface area contributed by atoms with Crippen LogP contribution in [0.1, 0.15) is 19.8 Å². The second-order valence-electron chi connectivity index (χ2n) is 5.35. The molecule has 2 rings (SSSR count). The number of hydrogen-bond acceptors (Lipinski definition) is 3. The third-order valence-electron chi connectivity index (χ3n) is 4.06. The van der Waals surface area contributed by atoms with E-state index in [0.717, 1.165) is 0 Å². The Bertz CT molecular complexity index is 425.